The smallest absolute Gasteiger partial charge is 0.249 e. The summed E-state index contributed by atoms with van der Waals surface area (Å²) >= 11 is 14.2. The molecule has 0 saturated carbocycles. The van der Waals surface area contributed by atoms with Crippen LogP contribution in [0.5, 0.6) is 11.5 Å². The highest BCUT2D eigenvalue weighted by atomic mass is 127. The maximum absolute atomic E-state index is 13.3. The lowest BCUT2D eigenvalue weighted by Gasteiger charge is -2.40. The minimum atomic E-state index is -1.29. The van der Waals surface area contributed by atoms with Crippen molar-refractivity contribution >= 4 is 63.9 Å². The molecule has 216 valence electrons. The number of rotatable bonds is 12. The Balaban J connectivity index is 2.05. The van der Waals surface area contributed by atoms with Crippen LogP contribution in [0, 0.1) is 3.57 Å². The minimum absolute atomic E-state index is 0.00658. The van der Waals surface area contributed by atoms with Gasteiger partial charge in [0.15, 0.2) is 11.5 Å². The number of nitrogens with one attached hydrogen (secondary N) is 1. The molecule has 13 heteroatoms. The fourth-order valence-corrected chi connectivity index (χ4v) is 5.34. The number of benzene rings is 2. The first kappa shape index (κ1) is 32.1. The number of hydrogen-bond donors (Lipinski definition) is 3. The molecule has 10 nitrogen and oxygen atoms in total. The van der Waals surface area contributed by atoms with Crippen molar-refractivity contribution in [3.8, 4) is 11.5 Å². The van der Waals surface area contributed by atoms with Crippen molar-refractivity contribution < 1.29 is 38.8 Å². The number of carbonyl (C=O) groups excluding carboxylic acids is 3. The van der Waals surface area contributed by atoms with E-state index in [1.807, 2.05) is 22.6 Å². The number of amides is 2. The number of hydrogen-bond acceptors (Lipinski definition) is 8. The van der Waals surface area contributed by atoms with Gasteiger partial charge in [0, 0.05) is 37.8 Å². The van der Waals surface area contributed by atoms with Crippen molar-refractivity contribution in [2.24, 2.45) is 0 Å². The van der Waals surface area contributed by atoms with Crippen molar-refractivity contribution in [2.75, 3.05) is 34.0 Å². The van der Waals surface area contributed by atoms with E-state index in [2.05, 4.69) is 5.32 Å². The van der Waals surface area contributed by atoms with Gasteiger partial charge in [0.05, 0.1) is 33.4 Å². The normalized spacial score (nSPS) is 18.5. The Labute approximate surface area is 255 Å². The predicted octanol–water partition coefficient (Wildman–Crippen LogP) is 3.01. The Bertz CT molecular complexity index is 1280. The van der Waals surface area contributed by atoms with E-state index in [4.69, 9.17) is 37.4 Å². The van der Waals surface area contributed by atoms with Gasteiger partial charge in [-0.2, -0.15) is 0 Å². The molecule has 40 heavy (non-hydrogen) atoms. The summed E-state index contributed by atoms with van der Waals surface area (Å²) in [7, 11) is 2.79. The number of carbonyl (C=O) groups is 3. The lowest BCUT2D eigenvalue weighted by Crippen LogP contribution is -2.55. The van der Waals surface area contributed by atoms with Crippen LogP contribution < -0.4 is 14.8 Å². The largest absolute Gasteiger partial charge is 0.493 e. The standard InChI is InChI=1S/C27H29Cl2IN2O8/c1-38-14-24(35)32(12-15-3-4-18(28)19(29)7-15)21-10-17(27(37)31-5-6-33)11-22(25(21)36)40-26-20(30)8-16(13-34)9-23(26)39-2/h3-4,7-9,11,13,21-22,25,33,36H,5-6,10,12,14H2,1-2H3,(H,31,37)/t21-,22+,25+/m1/s1. The van der Waals surface area contributed by atoms with Gasteiger partial charge in [-0.1, -0.05) is 29.3 Å². The number of aldehydes is 1. The summed E-state index contributed by atoms with van der Waals surface area (Å²) in [6.07, 6.45) is -0.233. The van der Waals surface area contributed by atoms with Crippen molar-refractivity contribution in [3.63, 3.8) is 0 Å². The zero-order valence-electron chi connectivity index (χ0n) is 21.7. The number of ether oxygens (including phenoxy) is 3. The van der Waals surface area contributed by atoms with E-state index < -0.39 is 30.1 Å². The fourth-order valence-electron chi connectivity index (χ4n) is 4.27. The molecule has 3 N–H and O–H groups in total. The summed E-state index contributed by atoms with van der Waals surface area (Å²) in [5, 5.41) is 24.0. The van der Waals surface area contributed by atoms with Crippen LogP contribution in [0.25, 0.3) is 0 Å². The maximum Gasteiger partial charge on any atom is 0.249 e. The Hall–Kier alpha value is -2.42. The van der Waals surface area contributed by atoms with E-state index >= 15 is 0 Å². The molecule has 0 aliphatic heterocycles. The first-order valence-electron chi connectivity index (χ1n) is 12.1. The molecular formula is C27H29Cl2IN2O8. The second-order valence-corrected chi connectivity index (χ2v) is 10.8. The van der Waals surface area contributed by atoms with E-state index in [0.717, 1.165) is 0 Å². The van der Waals surface area contributed by atoms with Gasteiger partial charge in [-0.15, -0.1) is 0 Å². The predicted molar refractivity (Wildman–Crippen MR) is 157 cm³/mol. The molecule has 1 aliphatic rings. The Kier molecular flexibility index (Phi) is 12.0. The summed E-state index contributed by atoms with van der Waals surface area (Å²) in [4.78, 5) is 39.0. The number of aliphatic hydroxyl groups is 2. The molecule has 2 aromatic carbocycles. The Morgan fingerprint density at radius 1 is 1.20 bits per heavy atom. The lowest BCUT2D eigenvalue weighted by molar-refractivity contribution is -0.143. The van der Waals surface area contributed by atoms with Gasteiger partial charge in [0.2, 0.25) is 11.8 Å². The van der Waals surface area contributed by atoms with Crippen LogP contribution in [0.2, 0.25) is 10.0 Å². The van der Waals surface area contributed by atoms with Crippen molar-refractivity contribution in [3.05, 3.63) is 66.7 Å². The molecular weight excluding hydrogens is 678 g/mol. The third-order valence-corrected chi connectivity index (χ3v) is 7.72. The number of nitrogens with zero attached hydrogens (tertiary/aromatic N) is 1. The molecule has 0 aromatic heterocycles. The SMILES string of the molecule is COCC(=O)N(Cc1ccc(Cl)c(Cl)c1)[C@@H]1CC(C(=O)NCCO)=C[C@H](Oc2c(I)cc(C=O)cc2OC)[C@H]1O. The first-order chi connectivity index (χ1) is 19.1. The van der Waals surface area contributed by atoms with Crippen molar-refractivity contribution in [1.82, 2.24) is 10.2 Å². The summed E-state index contributed by atoms with van der Waals surface area (Å²) in [6.45, 7) is -0.485. The molecule has 3 rings (SSSR count). The fraction of sp³-hybridized carbons (Fsp3) is 0.370. The number of aliphatic hydroxyl groups excluding tert-OH is 2. The second kappa shape index (κ2) is 15.0. The molecule has 1 aliphatic carbocycles. The highest BCUT2D eigenvalue weighted by Crippen LogP contribution is 2.37. The molecule has 2 aromatic rings. The second-order valence-electron chi connectivity index (χ2n) is 8.87. The summed E-state index contributed by atoms with van der Waals surface area (Å²) in [5.74, 6) is -0.405. The van der Waals surface area contributed by atoms with Gasteiger partial charge in [-0.25, -0.2) is 0 Å². The molecule has 0 radical (unpaired) electrons. The minimum Gasteiger partial charge on any atom is -0.493 e. The molecule has 0 saturated heterocycles. The van der Waals surface area contributed by atoms with E-state index in [0.29, 0.717) is 31.0 Å². The number of halogens is 3. The van der Waals surface area contributed by atoms with Gasteiger partial charge in [0.25, 0.3) is 0 Å². The van der Waals surface area contributed by atoms with Crippen LogP contribution in [0.15, 0.2) is 42.0 Å². The molecule has 0 unspecified atom stereocenters. The Morgan fingerprint density at radius 3 is 2.58 bits per heavy atom. The molecule has 3 atom stereocenters. The Morgan fingerprint density at radius 2 is 1.95 bits per heavy atom. The summed E-state index contributed by atoms with van der Waals surface area (Å²) < 4.78 is 17.2. The molecule has 0 heterocycles. The highest BCUT2D eigenvalue weighted by molar-refractivity contribution is 14.1. The quantitative estimate of drug-likeness (QED) is 0.227. The van der Waals surface area contributed by atoms with Gasteiger partial charge >= 0.3 is 0 Å². The average Bonchev–Trinajstić information content (AvgIpc) is 2.94. The zero-order chi connectivity index (χ0) is 29.4. The summed E-state index contributed by atoms with van der Waals surface area (Å²) in [6, 6.07) is 7.10. The van der Waals surface area contributed by atoms with E-state index in [1.165, 1.54) is 31.3 Å². The average molecular weight is 707 g/mol. The van der Waals surface area contributed by atoms with Gasteiger partial charge in [-0.3, -0.25) is 14.4 Å². The highest BCUT2D eigenvalue weighted by Gasteiger charge is 2.41. The van der Waals surface area contributed by atoms with Gasteiger partial charge in [0.1, 0.15) is 25.1 Å². The molecule has 0 bridgehead atoms. The monoisotopic (exact) mass is 706 g/mol. The van der Waals surface area contributed by atoms with Crippen LogP contribution in [0.4, 0.5) is 0 Å². The maximum atomic E-state index is 13.3. The molecule has 0 fully saturated rings. The van der Waals surface area contributed by atoms with Crippen LogP contribution in [-0.4, -0.2) is 85.4 Å². The van der Waals surface area contributed by atoms with Crippen LogP contribution >= 0.6 is 45.8 Å². The third kappa shape index (κ3) is 7.86. The van der Waals surface area contributed by atoms with Crippen LogP contribution in [-0.2, 0) is 20.9 Å². The van der Waals surface area contributed by atoms with Crippen molar-refractivity contribution in [2.45, 2.75) is 31.2 Å². The summed E-state index contributed by atoms with van der Waals surface area (Å²) in [5.41, 5.74) is 1.26. The van der Waals surface area contributed by atoms with E-state index in [-0.39, 0.29) is 49.8 Å². The van der Waals surface area contributed by atoms with Crippen molar-refractivity contribution in [1.29, 1.82) is 0 Å². The van der Waals surface area contributed by atoms with Crippen LogP contribution in [0.3, 0.4) is 0 Å². The van der Waals surface area contributed by atoms with Gasteiger partial charge in [-0.05, 0) is 58.5 Å². The topological polar surface area (TPSA) is 135 Å². The molecule has 2 amide bonds. The van der Waals surface area contributed by atoms with Crippen LogP contribution in [0.1, 0.15) is 22.3 Å². The first-order valence-corrected chi connectivity index (χ1v) is 14.0. The number of methoxy groups -OCH3 is 2. The van der Waals surface area contributed by atoms with E-state index in [9.17, 15) is 24.6 Å². The zero-order valence-corrected chi connectivity index (χ0v) is 25.4. The lowest BCUT2D eigenvalue weighted by atomic mass is 9.87. The van der Waals surface area contributed by atoms with E-state index in [1.54, 1.807) is 24.3 Å². The molecule has 0 spiro atoms. The van der Waals surface area contributed by atoms with Gasteiger partial charge < -0.3 is 34.6 Å². The third-order valence-electron chi connectivity index (χ3n) is 6.18.